The number of aromatic nitrogens is 2. The molecule has 2 aromatic heterocycles. The Kier molecular flexibility index (Phi) is 10.3. The molecule has 1 unspecified atom stereocenters. The highest BCUT2D eigenvalue weighted by molar-refractivity contribution is 6.23. The Hall–Kier alpha value is -6.33. The highest BCUT2D eigenvalue weighted by Crippen LogP contribution is 2.43. The second kappa shape index (κ2) is 15.5. The van der Waals surface area contributed by atoms with Gasteiger partial charge in [-0.3, -0.25) is 48.9 Å². The van der Waals surface area contributed by atoms with Crippen molar-refractivity contribution in [2.24, 2.45) is 12.5 Å². The van der Waals surface area contributed by atoms with E-state index in [9.17, 15) is 28.8 Å². The molecule has 0 saturated carbocycles. The molecular formula is C44H44N6O8. The van der Waals surface area contributed by atoms with E-state index >= 15 is 0 Å². The number of methoxy groups -OCH3 is 2. The van der Waals surface area contributed by atoms with Crippen molar-refractivity contribution in [1.82, 2.24) is 29.6 Å². The maximum atomic E-state index is 13.3. The Morgan fingerprint density at radius 3 is 2.36 bits per heavy atom. The molecule has 1 spiro atoms. The second-order valence-corrected chi connectivity index (χ2v) is 15.6. The highest BCUT2D eigenvalue weighted by Gasteiger charge is 2.45. The Morgan fingerprint density at radius 1 is 0.914 bits per heavy atom. The van der Waals surface area contributed by atoms with Gasteiger partial charge in [-0.1, -0.05) is 11.8 Å². The van der Waals surface area contributed by atoms with Crippen molar-refractivity contribution in [3.8, 4) is 34.5 Å². The summed E-state index contributed by atoms with van der Waals surface area (Å²) >= 11 is 0. The number of hydrogen-bond acceptors (Lipinski definition) is 10. The lowest BCUT2D eigenvalue weighted by atomic mass is 9.77. The first-order valence-electron chi connectivity index (χ1n) is 19.5. The molecule has 58 heavy (non-hydrogen) atoms. The molecule has 8 rings (SSSR count). The maximum absolute atomic E-state index is 13.3. The van der Waals surface area contributed by atoms with Crippen molar-refractivity contribution in [2.45, 2.75) is 57.5 Å². The molecule has 3 fully saturated rings. The average Bonchev–Trinajstić information content (AvgIpc) is 3.75. The number of imide groups is 2. The van der Waals surface area contributed by atoms with E-state index in [-0.39, 0.29) is 47.3 Å². The number of carbonyl (C=O) groups is 5. The molecule has 2 aromatic carbocycles. The molecule has 3 saturated heterocycles. The lowest BCUT2D eigenvalue weighted by molar-refractivity contribution is -0.136. The van der Waals surface area contributed by atoms with E-state index in [1.54, 1.807) is 50.4 Å². The number of hydrogen-bond donors (Lipinski definition) is 1. The van der Waals surface area contributed by atoms with Crippen LogP contribution < -0.4 is 20.3 Å². The van der Waals surface area contributed by atoms with Gasteiger partial charge in [0.15, 0.2) is 0 Å². The zero-order valence-corrected chi connectivity index (χ0v) is 32.8. The van der Waals surface area contributed by atoms with E-state index in [1.807, 2.05) is 29.3 Å². The summed E-state index contributed by atoms with van der Waals surface area (Å²) in [5, 5.41) is 3.55. The van der Waals surface area contributed by atoms with Crippen LogP contribution in [0.3, 0.4) is 0 Å². The molecule has 4 aromatic rings. The number of nitrogens with one attached hydrogen (secondary N) is 1. The van der Waals surface area contributed by atoms with Gasteiger partial charge in [0.1, 0.15) is 17.5 Å². The molecule has 5 amide bonds. The predicted octanol–water partition coefficient (Wildman–Crippen LogP) is 3.67. The standard InChI is InChI=1S/C44H44N6O8/c1-47-24-33(29-12-16-45-23-32(29)41(47)54)28-21-36(57-2)34(37(22-28)58-3)25-48-17-13-44(14-18-48)15-19-49(26-44)39(52)7-5-4-6-27-8-9-30-31(20-27)43(56)50(42(30)55)35-10-11-38(51)46-40(35)53/h8-9,12,16,20-24,35H,5,7,10-11,13-15,17-19,25-26H2,1-3H3,(H,46,51,53). The molecule has 1 N–H and O–H groups in total. The molecule has 4 aliphatic rings. The quantitative estimate of drug-likeness (QED) is 0.206. The fraction of sp³-hybridized carbons (Fsp3) is 0.386. The number of aryl methyl sites for hydroxylation is 1. The van der Waals surface area contributed by atoms with Crippen LogP contribution in [0.1, 0.15) is 76.8 Å². The Bertz CT molecular complexity index is 2480. The van der Waals surface area contributed by atoms with Gasteiger partial charge in [0, 0.05) is 75.7 Å². The third-order valence-corrected chi connectivity index (χ3v) is 12.1. The van der Waals surface area contributed by atoms with Gasteiger partial charge in [0.05, 0.1) is 36.3 Å². The van der Waals surface area contributed by atoms with Crippen LogP contribution in [-0.2, 0) is 28.0 Å². The second-order valence-electron chi connectivity index (χ2n) is 15.6. The van der Waals surface area contributed by atoms with Gasteiger partial charge in [-0.15, -0.1) is 0 Å². The minimum Gasteiger partial charge on any atom is -0.496 e. The Labute approximate surface area is 335 Å². The minimum atomic E-state index is -1.03. The van der Waals surface area contributed by atoms with E-state index in [0.29, 0.717) is 35.4 Å². The van der Waals surface area contributed by atoms with Crippen molar-refractivity contribution in [3.63, 3.8) is 0 Å². The number of nitrogens with zero attached hydrogens (tertiary/aromatic N) is 5. The van der Waals surface area contributed by atoms with Crippen molar-refractivity contribution >= 4 is 40.3 Å². The Morgan fingerprint density at radius 2 is 1.64 bits per heavy atom. The third-order valence-electron chi connectivity index (χ3n) is 12.1. The summed E-state index contributed by atoms with van der Waals surface area (Å²) in [5.41, 5.74) is 3.59. The Balaban J connectivity index is 0.857. The lowest BCUT2D eigenvalue weighted by Gasteiger charge is -2.39. The number of amides is 5. The topological polar surface area (TPSA) is 160 Å². The summed E-state index contributed by atoms with van der Waals surface area (Å²) in [7, 11) is 5.05. The van der Waals surface area contributed by atoms with Crippen molar-refractivity contribution in [2.75, 3.05) is 40.4 Å². The summed E-state index contributed by atoms with van der Waals surface area (Å²) < 4.78 is 13.4. The lowest BCUT2D eigenvalue weighted by Crippen LogP contribution is -2.54. The number of ether oxygens (including phenoxy) is 2. The van der Waals surface area contributed by atoms with Crippen LogP contribution in [0, 0.1) is 17.3 Å². The molecule has 298 valence electrons. The van der Waals surface area contributed by atoms with Crippen LogP contribution in [0.2, 0.25) is 0 Å². The van der Waals surface area contributed by atoms with Gasteiger partial charge in [0.2, 0.25) is 17.7 Å². The monoisotopic (exact) mass is 784 g/mol. The number of pyridine rings is 2. The van der Waals surface area contributed by atoms with Gasteiger partial charge in [-0.2, -0.15) is 0 Å². The summed E-state index contributed by atoms with van der Waals surface area (Å²) in [6.07, 6.45) is 8.78. The van der Waals surface area contributed by atoms with Gasteiger partial charge < -0.3 is 18.9 Å². The molecule has 0 aliphatic carbocycles. The zero-order chi connectivity index (χ0) is 40.7. The highest BCUT2D eigenvalue weighted by atomic mass is 16.5. The summed E-state index contributed by atoms with van der Waals surface area (Å²) in [5.74, 6) is 5.34. The number of carbonyl (C=O) groups excluding carboxylic acids is 5. The van der Waals surface area contributed by atoms with E-state index in [1.165, 1.54) is 6.07 Å². The van der Waals surface area contributed by atoms with Crippen LogP contribution in [0.5, 0.6) is 11.5 Å². The normalized spacial score (nSPS) is 19.0. The van der Waals surface area contributed by atoms with Crippen LogP contribution in [-0.4, -0.2) is 100 Å². The summed E-state index contributed by atoms with van der Waals surface area (Å²) in [4.78, 5) is 85.6. The molecule has 14 heteroatoms. The van der Waals surface area contributed by atoms with Crippen molar-refractivity contribution in [1.29, 1.82) is 0 Å². The smallest absolute Gasteiger partial charge is 0.262 e. The van der Waals surface area contributed by atoms with Gasteiger partial charge >= 0.3 is 0 Å². The first-order valence-corrected chi connectivity index (χ1v) is 19.5. The molecule has 0 bridgehead atoms. The minimum absolute atomic E-state index is 0.0538. The van der Waals surface area contributed by atoms with E-state index in [4.69, 9.17) is 9.47 Å². The summed E-state index contributed by atoms with van der Waals surface area (Å²) in [6.45, 7) is 3.84. The molecule has 0 radical (unpaired) electrons. The zero-order valence-electron chi connectivity index (χ0n) is 32.8. The largest absolute Gasteiger partial charge is 0.496 e. The van der Waals surface area contributed by atoms with Gasteiger partial charge in [-0.25, -0.2) is 0 Å². The van der Waals surface area contributed by atoms with E-state index in [0.717, 1.165) is 72.4 Å². The molecule has 14 nitrogen and oxygen atoms in total. The number of likely N-dealkylation sites (tertiary alicyclic amines) is 2. The number of benzene rings is 2. The molecule has 6 heterocycles. The van der Waals surface area contributed by atoms with Gasteiger partial charge in [0.25, 0.3) is 17.4 Å². The van der Waals surface area contributed by atoms with Crippen LogP contribution >= 0.6 is 0 Å². The van der Waals surface area contributed by atoms with Crippen molar-refractivity contribution < 1.29 is 33.4 Å². The maximum Gasteiger partial charge on any atom is 0.262 e. The number of piperidine rings is 2. The number of fused-ring (bicyclic) bond motifs is 2. The molecule has 1 atom stereocenters. The first kappa shape index (κ1) is 38.5. The van der Waals surface area contributed by atoms with Crippen LogP contribution in [0.4, 0.5) is 0 Å². The van der Waals surface area contributed by atoms with Crippen LogP contribution in [0.25, 0.3) is 21.9 Å². The fourth-order valence-electron chi connectivity index (χ4n) is 8.84. The first-order chi connectivity index (χ1) is 28.0. The van der Waals surface area contributed by atoms with Crippen molar-refractivity contribution in [3.05, 3.63) is 87.6 Å². The molecule has 4 aliphatic heterocycles. The van der Waals surface area contributed by atoms with E-state index < -0.39 is 29.7 Å². The fourth-order valence-corrected chi connectivity index (χ4v) is 8.84. The average molecular weight is 785 g/mol. The molecular weight excluding hydrogens is 741 g/mol. The SMILES string of the molecule is COc1cc(-c2cn(C)c(=O)c3cnccc23)cc(OC)c1CN1CCC2(CC1)CCN(C(=O)CCC#Cc1ccc3c(c1)C(=O)N(C1CCC(=O)NC1=O)C3=O)C2. The van der Waals surface area contributed by atoms with Crippen LogP contribution in [0.15, 0.2) is 59.8 Å². The predicted molar refractivity (Wildman–Crippen MR) is 213 cm³/mol. The number of rotatable bonds is 8. The summed E-state index contributed by atoms with van der Waals surface area (Å²) in [6, 6.07) is 9.56. The van der Waals surface area contributed by atoms with Gasteiger partial charge in [-0.05, 0) is 91.5 Å². The third kappa shape index (κ3) is 7.11. The van der Waals surface area contributed by atoms with E-state index in [2.05, 4.69) is 27.0 Å².